The van der Waals surface area contributed by atoms with Gasteiger partial charge in [-0.05, 0) is 29.8 Å². The van der Waals surface area contributed by atoms with E-state index in [0.717, 1.165) is 18.3 Å². The molecule has 0 bridgehead atoms. The Morgan fingerprint density at radius 2 is 2.00 bits per heavy atom. The molecule has 2 rings (SSSR count). The topological polar surface area (TPSA) is 122 Å². The molecule has 2 aromatic rings. The van der Waals surface area contributed by atoms with E-state index in [1.54, 1.807) is 0 Å². The van der Waals surface area contributed by atoms with Gasteiger partial charge in [-0.3, -0.25) is 4.72 Å². The molecule has 0 aliphatic heterocycles. The maximum Gasteiger partial charge on any atom is 0.337 e. The van der Waals surface area contributed by atoms with E-state index in [0.29, 0.717) is 0 Å². The number of carbonyl (C=O) groups is 1. The first kappa shape index (κ1) is 14.2. The average molecular weight is 315 g/mol. The van der Waals surface area contributed by atoms with Gasteiger partial charge in [0.05, 0.1) is 5.56 Å². The molecule has 0 saturated heterocycles. The highest BCUT2D eigenvalue weighted by Crippen LogP contribution is 2.13. The Kier molecular flexibility index (Phi) is 3.81. The van der Waals surface area contributed by atoms with Gasteiger partial charge in [0.2, 0.25) is 5.28 Å². The second-order valence-electron chi connectivity index (χ2n) is 3.51. The molecular weight excluding hydrogens is 308 g/mol. The smallest absolute Gasteiger partial charge is 0.337 e. The molecule has 104 valence electrons. The quantitative estimate of drug-likeness (QED) is 0.808. The number of aromatic nitrogens is 3. The molecule has 0 spiro atoms. The monoisotopic (exact) mass is 314 g/mol. The van der Waals surface area contributed by atoms with Crippen molar-refractivity contribution in [3.05, 3.63) is 41.4 Å². The third-order valence-corrected chi connectivity index (χ3v) is 3.58. The summed E-state index contributed by atoms with van der Waals surface area (Å²) < 4.78 is 26.1. The van der Waals surface area contributed by atoms with E-state index >= 15 is 0 Å². The van der Waals surface area contributed by atoms with Gasteiger partial charge in [-0.2, -0.15) is 13.4 Å². The van der Waals surface area contributed by atoms with Gasteiger partial charge >= 0.3 is 5.97 Å². The highest BCUT2D eigenvalue weighted by atomic mass is 35.5. The molecular formula is C10H7ClN4O4S. The lowest BCUT2D eigenvalue weighted by molar-refractivity contribution is 0.0696. The molecule has 20 heavy (non-hydrogen) atoms. The lowest BCUT2D eigenvalue weighted by Crippen LogP contribution is -2.15. The van der Waals surface area contributed by atoms with Crippen LogP contribution in [0.4, 0.5) is 5.82 Å². The van der Waals surface area contributed by atoms with Crippen molar-refractivity contribution in [1.82, 2.24) is 15.0 Å². The first-order chi connectivity index (χ1) is 9.38. The van der Waals surface area contributed by atoms with E-state index in [-0.39, 0.29) is 21.7 Å². The van der Waals surface area contributed by atoms with Gasteiger partial charge in [-0.25, -0.2) is 14.8 Å². The molecule has 2 aromatic heterocycles. The number of carboxylic acids is 1. The van der Waals surface area contributed by atoms with Gasteiger partial charge in [0, 0.05) is 12.4 Å². The number of sulfonamides is 1. The second-order valence-corrected chi connectivity index (χ2v) is 5.47. The molecule has 0 amide bonds. The third kappa shape index (κ3) is 3.19. The fourth-order valence-corrected chi connectivity index (χ4v) is 2.33. The maximum absolute atomic E-state index is 12.0. The molecule has 0 fully saturated rings. The number of hydrogen-bond donors (Lipinski definition) is 2. The van der Waals surface area contributed by atoms with Crippen molar-refractivity contribution in [3.8, 4) is 0 Å². The Morgan fingerprint density at radius 1 is 1.25 bits per heavy atom. The van der Waals surface area contributed by atoms with Crippen LogP contribution in [0.2, 0.25) is 5.28 Å². The molecule has 0 atom stereocenters. The number of anilines is 1. The summed E-state index contributed by atoms with van der Waals surface area (Å²) >= 11 is 5.54. The SMILES string of the molecule is O=C(O)c1ccc(S(=O)(=O)Nc2ccnc(Cl)n2)nc1. The van der Waals surface area contributed by atoms with Crippen LogP contribution < -0.4 is 4.72 Å². The van der Waals surface area contributed by atoms with Crippen LogP contribution in [0.5, 0.6) is 0 Å². The average Bonchev–Trinajstić information content (AvgIpc) is 2.38. The minimum Gasteiger partial charge on any atom is -0.478 e. The van der Waals surface area contributed by atoms with Crippen LogP contribution in [0.1, 0.15) is 10.4 Å². The molecule has 0 aliphatic carbocycles. The van der Waals surface area contributed by atoms with Crippen LogP contribution in [0.25, 0.3) is 0 Å². The van der Waals surface area contributed by atoms with Crippen molar-refractivity contribution in [1.29, 1.82) is 0 Å². The van der Waals surface area contributed by atoms with E-state index in [4.69, 9.17) is 16.7 Å². The van der Waals surface area contributed by atoms with Gasteiger partial charge < -0.3 is 5.11 Å². The summed E-state index contributed by atoms with van der Waals surface area (Å²) in [7, 11) is -3.98. The van der Waals surface area contributed by atoms with Crippen LogP contribution in [0, 0.1) is 0 Å². The first-order valence-electron chi connectivity index (χ1n) is 5.09. The predicted molar refractivity (Wildman–Crippen MR) is 69.0 cm³/mol. The molecule has 2 N–H and O–H groups in total. The van der Waals surface area contributed by atoms with Crippen LogP contribution in [0.3, 0.4) is 0 Å². The van der Waals surface area contributed by atoms with E-state index in [9.17, 15) is 13.2 Å². The van der Waals surface area contributed by atoms with E-state index in [1.807, 2.05) is 0 Å². The molecule has 2 heterocycles. The zero-order valence-electron chi connectivity index (χ0n) is 9.69. The summed E-state index contributed by atoms with van der Waals surface area (Å²) in [5, 5.41) is 8.26. The second kappa shape index (κ2) is 5.39. The van der Waals surface area contributed by atoms with Gasteiger partial charge in [-0.15, -0.1) is 0 Å². The highest BCUT2D eigenvalue weighted by molar-refractivity contribution is 7.92. The zero-order valence-corrected chi connectivity index (χ0v) is 11.3. The van der Waals surface area contributed by atoms with Crippen molar-refractivity contribution < 1.29 is 18.3 Å². The Labute approximate surface area is 118 Å². The van der Waals surface area contributed by atoms with Crippen molar-refractivity contribution in [2.75, 3.05) is 4.72 Å². The Hall–Kier alpha value is -2.26. The van der Waals surface area contributed by atoms with E-state index < -0.39 is 16.0 Å². The fraction of sp³-hybridized carbons (Fsp3) is 0. The number of nitrogens with zero attached hydrogens (tertiary/aromatic N) is 3. The van der Waals surface area contributed by atoms with E-state index in [1.165, 1.54) is 12.3 Å². The van der Waals surface area contributed by atoms with Crippen molar-refractivity contribution in [3.63, 3.8) is 0 Å². The molecule has 8 nitrogen and oxygen atoms in total. The number of carboxylic acid groups (broad SMARTS) is 1. The lowest BCUT2D eigenvalue weighted by Gasteiger charge is -2.06. The summed E-state index contributed by atoms with van der Waals surface area (Å²) in [6, 6.07) is 3.53. The lowest BCUT2D eigenvalue weighted by atomic mass is 10.3. The summed E-state index contributed by atoms with van der Waals surface area (Å²) in [4.78, 5) is 21.5. The van der Waals surface area contributed by atoms with Crippen LogP contribution >= 0.6 is 11.6 Å². The molecule has 0 saturated carbocycles. The number of nitrogens with one attached hydrogen (secondary N) is 1. The standard InChI is InChI=1S/C10H7ClN4O4S/c11-10-12-4-3-7(14-10)15-20(18,19)8-2-1-6(5-13-8)9(16)17/h1-5H,(H,16,17)(H,12,14,15). The maximum atomic E-state index is 12.0. The summed E-state index contributed by atoms with van der Waals surface area (Å²) in [5.74, 6) is -1.22. The van der Waals surface area contributed by atoms with Gasteiger partial charge in [-0.1, -0.05) is 0 Å². The number of rotatable bonds is 4. The van der Waals surface area contributed by atoms with Gasteiger partial charge in [0.15, 0.2) is 5.03 Å². The summed E-state index contributed by atoms with van der Waals surface area (Å²) in [6.07, 6.45) is 2.23. The Morgan fingerprint density at radius 3 is 2.55 bits per heavy atom. The largest absolute Gasteiger partial charge is 0.478 e. The first-order valence-corrected chi connectivity index (χ1v) is 6.95. The van der Waals surface area contributed by atoms with Crippen LogP contribution in [-0.2, 0) is 10.0 Å². The predicted octanol–water partition coefficient (Wildman–Crippen LogP) is 1.02. The normalized spacial score (nSPS) is 11.1. The van der Waals surface area contributed by atoms with Crippen molar-refractivity contribution in [2.45, 2.75) is 5.03 Å². The number of pyridine rings is 1. The number of halogens is 1. The molecule has 0 aromatic carbocycles. The Bertz CT molecular complexity index is 748. The molecule has 0 radical (unpaired) electrons. The molecule has 10 heteroatoms. The van der Waals surface area contributed by atoms with Crippen molar-refractivity contribution >= 4 is 33.4 Å². The highest BCUT2D eigenvalue weighted by Gasteiger charge is 2.17. The molecule has 0 unspecified atom stereocenters. The summed E-state index contributed by atoms with van der Waals surface area (Å²) in [6.45, 7) is 0. The minimum atomic E-state index is -3.98. The zero-order chi connectivity index (χ0) is 14.8. The minimum absolute atomic E-state index is 0.0193. The van der Waals surface area contributed by atoms with E-state index in [2.05, 4.69) is 19.7 Å². The van der Waals surface area contributed by atoms with Gasteiger partial charge in [0.1, 0.15) is 5.82 Å². The van der Waals surface area contributed by atoms with Crippen LogP contribution in [0.15, 0.2) is 35.6 Å². The molecule has 0 aliphatic rings. The van der Waals surface area contributed by atoms with Crippen molar-refractivity contribution in [2.24, 2.45) is 0 Å². The van der Waals surface area contributed by atoms with Gasteiger partial charge in [0.25, 0.3) is 10.0 Å². The Balaban J connectivity index is 2.28. The summed E-state index contributed by atoms with van der Waals surface area (Å²) in [5.41, 5.74) is -0.117. The fourth-order valence-electron chi connectivity index (χ4n) is 1.25. The third-order valence-electron chi connectivity index (χ3n) is 2.12. The number of hydrogen-bond acceptors (Lipinski definition) is 6. The van der Waals surface area contributed by atoms with Crippen LogP contribution in [-0.4, -0.2) is 34.4 Å². The number of aromatic carboxylic acids is 1.